The number of aromatic nitrogens is 1. The molecule has 1 heterocycles. The summed E-state index contributed by atoms with van der Waals surface area (Å²) in [5.41, 5.74) is 2.69. The number of aryl methyl sites for hydroxylation is 2. The summed E-state index contributed by atoms with van der Waals surface area (Å²) in [7, 11) is 0. The fourth-order valence-corrected chi connectivity index (χ4v) is 4.36. The third kappa shape index (κ3) is 7.13. The maximum Gasteiger partial charge on any atom is 3.00 e. The summed E-state index contributed by atoms with van der Waals surface area (Å²) in [6.45, 7) is 0.632. The second kappa shape index (κ2) is 12.7. The average Bonchev–Trinajstić information content (AvgIpc) is 3.03. The van der Waals surface area contributed by atoms with Crippen molar-refractivity contribution in [1.29, 1.82) is 0 Å². The van der Waals surface area contributed by atoms with Crippen molar-refractivity contribution in [2.24, 2.45) is 5.41 Å². The minimum absolute atomic E-state index is 0. The normalized spacial score (nSPS) is 15.0. The predicted octanol–water partition coefficient (Wildman–Crippen LogP) is 10.0. The van der Waals surface area contributed by atoms with Gasteiger partial charge in [-0.25, -0.2) is 11.1 Å². The van der Waals surface area contributed by atoms with Crippen LogP contribution in [0.25, 0.3) is 43.9 Å². The molecule has 0 spiro atoms. The van der Waals surface area contributed by atoms with E-state index in [1.54, 1.807) is 6.07 Å². The molecule has 0 N–H and O–H groups in total. The van der Waals surface area contributed by atoms with Gasteiger partial charge >= 0.3 is 20.1 Å². The largest absolute Gasteiger partial charge is 3.00 e. The van der Waals surface area contributed by atoms with Gasteiger partial charge in [0.2, 0.25) is 0 Å². The molecule has 2 heteroatoms. The third-order valence-electron chi connectivity index (χ3n) is 6.19. The van der Waals surface area contributed by atoms with Gasteiger partial charge in [0.1, 0.15) is 0 Å². The molecule has 0 bridgehead atoms. The maximum atomic E-state index is 8.23. The Bertz CT molecular complexity index is 2010. The summed E-state index contributed by atoms with van der Waals surface area (Å²) in [5.74, 6) is 0. The fourth-order valence-electron chi connectivity index (χ4n) is 4.36. The van der Waals surface area contributed by atoms with E-state index in [1.807, 2.05) is 106 Å². The molecule has 6 rings (SSSR count). The number of hydrogen-bond donors (Lipinski definition) is 0. The quantitative estimate of drug-likeness (QED) is 0.132. The first-order chi connectivity index (χ1) is 22.0. The van der Waals surface area contributed by atoms with Crippen LogP contribution in [0.1, 0.15) is 48.4 Å². The van der Waals surface area contributed by atoms with E-state index in [2.05, 4.69) is 23.2 Å². The van der Waals surface area contributed by atoms with Crippen LogP contribution in [0.15, 0.2) is 103 Å². The molecular weight excluding hydrogens is 663 g/mol. The van der Waals surface area contributed by atoms with E-state index in [1.165, 1.54) is 6.07 Å². The van der Waals surface area contributed by atoms with Crippen molar-refractivity contribution in [1.82, 2.24) is 4.98 Å². The first-order valence-corrected chi connectivity index (χ1v) is 12.8. The average molecular weight is 705 g/mol. The standard InChI is InChI=1S/C21H16N.C17H18.Ir/c1-14-11-21(22-13-15(14)2)18-10-9-17-8-7-16-5-3-4-6-19(16)20(17)12-18;1-17(2,3)13-14-9-11-16(12-10-14)15-7-5-4-6-8-15;/h3-9,11-13H,1-2H3;4-7,9-11H,13H2,1-3H3;/q-1;-2;+3/i1D3,2D3;13D2;. The van der Waals surface area contributed by atoms with Crippen LogP contribution < -0.4 is 0 Å². The molecule has 0 unspecified atom stereocenters. The van der Waals surface area contributed by atoms with Crippen LogP contribution in [0.5, 0.6) is 0 Å². The summed E-state index contributed by atoms with van der Waals surface area (Å²) in [4.78, 5) is 4.24. The molecule has 40 heavy (non-hydrogen) atoms. The molecule has 0 aliphatic carbocycles. The van der Waals surface area contributed by atoms with Crippen LogP contribution in [0.3, 0.4) is 0 Å². The Balaban J connectivity index is 0.000000228. The molecule has 0 saturated carbocycles. The van der Waals surface area contributed by atoms with Gasteiger partial charge < -0.3 is 4.98 Å². The zero-order valence-corrected chi connectivity index (χ0v) is 25.0. The summed E-state index contributed by atoms with van der Waals surface area (Å²) in [6, 6.07) is 39.8. The predicted molar refractivity (Wildman–Crippen MR) is 166 cm³/mol. The molecular formula is C38H34IrN. The van der Waals surface area contributed by atoms with E-state index in [-0.39, 0.29) is 31.2 Å². The van der Waals surface area contributed by atoms with E-state index in [0.29, 0.717) is 16.8 Å². The Morgan fingerprint density at radius 2 is 1.48 bits per heavy atom. The Kier molecular flexibility index (Phi) is 6.47. The van der Waals surface area contributed by atoms with Gasteiger partial charge in [0.25, 0.3) is 0 Å². The van der Waals surface area contributed by atoms with Gasteiger partial charge in [-0.1, -0.05) is 85.9 Å². The number of rotatable bonds is 3. The van der Waals surface area contributed by atoms with Gasteiger partial charge in [-0.2, -0.15) is 48.5 Å². The molecule has 0 saturated heterocycles. The first-order valence-electron chi connectivity index (χ1n) is 16.8. The van der Waals surface area contributed by atoms with Crippen molar-refractivity contribution in [2.75, 3.05) is 0 Å². The molecule has 200 valence electrons. The van der Waals surface area contributed by atoms with Crippen molar-refractivity contribution in [3.63, 3.8) is 0 Å². The van der Waals surface area contributed by atoms with Crippen molar-refractivity contribution in [3.05, 3.63) is 138 Å². The van der Waals surface area contributed by atoms with Gasteiger partial charge in [-0.15, -0.1) is 35.4 Å². The van der Waals surface area contributed by atoms with Crippen LogP contribution in [0.4, 0.5) is 0 Å². The molecule has 1 aromatic heterocycles. The Labute approximate surface area is 263 Å². The third-order valence-corrected chi connectivity index (χ3v) is 6.19. The van der Waals surface area contributed by atoms with Crippen molar-refractivity contribution in [2.45, 2.75) is 40.8 Å². The molecule has 5 aromatic carbocycles. The molecule has 0 amide bonds. The van der Waals surface area contributed by atoms with Crippen LogP contribution in [-0.2, 0) is 26.5 Å². The fraction of sp³-hybridized carbons (Fsp3) is 0.184. The minimum atomic E-state index is -2.55. The zero-order chi connectivity index (χ0) is 34.2. The van der Waals surface area contributed by atoms with Crippen LogP contribution in [0.2, 0.25) is 0 Å². The number of fused-ring (bicyclic) bond motifs is 3. The van der Waals surface area contributed by atoms with Crippen LogP contribution in [-0.4, -0.2) is 4.98 Å². The Hall–Kier alpha value is -3.58. The summed E-state index contributed by atoms with van der Waals surface area (Å²) < 4.78 is 62.5. The van der Waals surface area contributed by atoms with E-state index in [0.717, 1.165) is 38.9 Å². The number of pyridine rings is 1. The van der Waals surface area contributed by atoms with E-state index in [4.69, 9.17) is 11.0 Å². The number of nitrogens with zero attached hydrogens (tertiary/aromatic N) is 1. The topological polar surface area (TPSA) is 12.9 Å². The summed E-state index contributed by atoms with van der Waals surface area (Å²) in [6.07, 6.45) is -0.229. The van der Waals surface area contributed by atoms with Gasteiger partial charge in [-0.05, 0) is 41.1 Å². The van der Waals surface area contributed by atoms with Crippen LogP contribution in [0, 0.1) is 37.3 Å². The summed E-state index contributed by atoms with van der Waals surface area (Å²) in [5, 5.41) is 4.19. The van der Waals surface area contributed by atoms with Crippen molar-refractivity contribution < 1.29 is 31.1 Å². The van der Waals surface area contributed by atoms with E-state index < -0.39 is 25.5 Å². The molecule has 0 radical (unpaired) electrons. The molecule has 0 atom stereocenters. The van der Waals surface area contributed by atoms with Gasteiger partial charge in [0, 0.05) is 17.2 Å². The van der Waals surface area contributed by atoms with E-state index >= 15 is 0 Å². The van der Waals surface area contributed by atoms with Crippen molar-refractivity contribution >= 4 is 21.5 Å². The monoisotopic (exact) mass is 705 g/mol. The molecule has 1 nitrogen and oxygen atoms in total. The van der Waals surface area contributed by atoms with Crippen molar-refractivity contribution in [3.8, 4) is 22.4 Å². The Morgan fingerprint density at radius 1 is 0.725 bits per heavy atom. The second-order valence-electron chi connectivity index (χ2n) is 10.4. The summed E-state index contributed by atoms with van der Waals surface area (Å²) >= 11 is 0. The maximum absolute atomic E-state index is 8.23. The Morgan fingerprint density at radius 3 is 2.20 bits per heavy atom. The van der Waals surface area contributed by atoms with Gasteiger partial charge in [-0.3, -0.25) is 0 Å². The minimum Gasteiger partial charge on any atom is -0.304 e. The second-order valence-corrected chi connectivity index (χ2v) is 10.4. The van der Waals surface area contributed by atoms with Crippen LogP contribution >= 0.6 is 0 Å². The SMILES string of the molecule is [2H]C([2H])([2H])c1cnc(-c2[c-]cc3ccc4ccccc4c3c2)cc1C([2H])([2H])[2H].[2H]C([2H])(c1c[c-]c(-c2[c-]cccc2)cc1)C(C)(C)C.[Ir+3]. The van der Waals surface area contributed by atoms with Gasteiger partial charge in [0.15, 0.2) is 0 Å². The van der Waals surface area contributed by atoms with Gasteiger partial charge in [0.05, 0.1) is 0 Å². The smallest absolute Gasteiger partial charge is 0.304 e. The first kappa shape index (κ1) is 20.3. The zero-order valence-electron chi connectivity index (χ0n) is 30.6. The number of benzene rings is 5. The molecule has 0 fully saturated rings. The van der Waals surface area contributed by atoms with E-state index in [9.17, 15) is 0 Å². The molecule has 6 aromatic rings. The molecule has 0 aliphatic heterocycles. The molecule has 0 aliphatic rings. The number of hydrogen-bond acceptors (Lipinski definition) is 1.